The quantitative estimate of drug-likeness (QED) is 0.665. The Morgan fingerprint density at radius 3 is 2.20 bits per heavy atom. The van der Waals surface area contributed by atoms with Crippen LogP contribution in [0.4, 0.5) is 5.69 Å². The Balaban J connectivity index is 2.07. The highest BCUT2D eigenvalue weighted by molar-refractivity contribution is 6.00. The van der Waals surface area contributed by atoms with Crippen molar-refractivity contribution < 1.29 is 14.4 Å². The van der Waals surface area contributed by atoms with Gasteiger partial charge in [0.25, 0.3) is 5.91 Å². The fourth-order valence-corrected chi connectivity index (χ4v) is 3.18. The number of rotatable bonds is 9. The number of carbonyl (C=O) groups is 3. The van der Waals surface area contributed by atoms with Crippen LogP contribution in [0.15, 0.2) is 54.6 Å². The molecule has 0 bridgehead atoms. The Labute approximate surface area is 178 Å². The number of benzene rings is 2. The molecule has 0 spiro atoms. The third-order valence-corrected chi connectivity index (χ3v) is 4.90. The molecule has 6 heteroatoms. The van der Waals surface area contributed by atoms with Crippen molar-refractivity contribution in [3.63, 3.8) is 0 Å². The van der Waals surface area contributed by atoms with Crippen molar-refractivity contribution >= 4 is 23.4 Å². The van der Waals surface area contributed by atoms with Gasteiger partial charge in [0.2, 0.25) is 11.8 Å². The van der Waals surface area contributed by atoms with E-state index in [2.05, 4.69) is 10.6 Å². The molecule has 0 aliphatic heterocycles. The fourth-order valence-electron chi connectivity index (χ4n) is 3.18. The van der Waals surface area contributed by atoms with E-state index in [0.717, 1.165) is 5.56 Å². The molecule has 0 saturated heterocycles. The number of nitrogens with one attached hydrogen (secondary N) is 2. The highest BCUT2D eigenvalue weighted by atomic mass is 16.2. The summed E-state index contributed by atoms with van der Waals surface area (Å²) >= 11 is 0. The van der Waals surface area contributed by atoms with Crippen LogP contribution in [-0.4, -0.2) is 41.8 Å². The summed E-state index contributed by atoms with van der Waals surface area (Å²) in [5.74, 6) is -0.683. The Hall–Kier alpha value is -3.15. The summed E-state index contributed by atoms with van der Waals surface area (Å²) in [5.41, 5.74) is 1.94. The molecular formula is C24H31N3O3. The molecule has 2 aromatic carbocycles. The zero-order valence-corrected chi connectivity index (χ0v) is 18.1. The Bertz CT molecular complexity index is 861. The lowest BCUT2D eigenvalue weighted by molar-refractivity contribution is -0.127. The van der Waals surface area contributed by atoms with Gasteiger partial charge in [-0.15, -0.1) is 0 Å². The lowest BCUT2D eigenvalue weighted by atomic mass is 10.0. The first kappa shape index (κ1) is 23.1. The number of hydrogen-bond donors (Lipinski definition) is 2. The lowest BCUT2D eigenvalue weighted by Crippen LogP contribution is -2.47. The Morgan fingerprint density at radius 1 is 0.933 bits per heavy atom. The first-order chi connectivity index (χ1) is 14.3. The molecule has 0 heterocycles. The number of anilines is 1. The summed E-state index contributed by atoms with van der Waals surface area (Å²) in [7, 11) is 0. The molecule has 30 heavy (non-hydrogen) atoms. The van der Waals surface area contributed by atoms with Crippen molar-refractivity contribution in [3.8, 4) is 0 Å². The van der Waals surface area contributed by atoms with Crippen LogP contribution in [0.2, 0.25) is 0 Å². The largest absolute Gasteiger partial charge is 0.344 e. The maximum atomic E-state index is 12.8. The molecule has 1 atom stereocenters. The Morgan fingerprint density at radius 2 is 1.60 bits per heavy atom. The average molecular weight is 410 g/mol. The lowest BCUT2D eigenvalue weighted by Gasteiger charge is -2.22. The summed E-state index contributed by atoms with van der Waals surface area (Å²) in [6.07, 6.45) is 0.213. The van der Waals surface area contributed by atoms with Crippen LogP contribution in [0, 0.1) is 5.92 Å². The SMILES string of the molecule is CCN(CC)C(=O)c1cccc(NC(=O)C(NC(=O)Cc2ccccc2)C(C)C)c1. The summed E-state index contributed by atoms with van der Waals surface area (Å²) in [4.78, 5) is 39.6. The zero-order chi connectivity index (χ0) is 22.1. The normalized spacial score (nSPS) is 11.6. The van der Waals surface area contributed by atoms with E-state index in [4.69, 9.17) is 0 Å². The van der Waals surface area contributed by atoms with Crippen molar-refractivity contribution in [2.24, 2.45) is 5.92 Å². The van der Waals surface area contributed by atoms with Crippen molar-refractivity contribution in [1.82, 2.24) is 10.2 Å². The molecule has 2 N–H and O–H groups in total. The Kier molecular flexibility index (Phi) is 8.59. The molecule has 0 aliphatic rings. The molecule has 2 aromatic rings. The van der Waals surface area contributed by atoms with Crippen molar-refractivity contribution in [2.75, 3.05) is 18.4 Å². The molecule has 6 nitrogen and oxygen atoms in total. The van der Waals surface area contributed by atoms with Gasteiger partial charge in [-0.05, 0) is 43.5 Å². The van der Waals surface area contributed by atoms with Gasteiger partial charge >= 0.3 is 0 Å². The topological polar surface area (TPSA) is 78.5 Å². The molecule has 2 rings (SSSR count). The molecule has 0 saturated carbocycles. The van der Waals surface area contributed by atoms with Gasteiger partial charge < -0.3 is 15.5 Å². The number of nitrogens with zero attached hydrogens (tertiary/aromatic N) is 1. The molecule has 160 valence electrons. The summed E-state index contributed by atoms with van der Waals surface area (Å²) in [6.45, 7) is 8.86. The summed E-state index contributed by atoms with van der Waals surface area (Å²) < 4.78 is 0. The maximum absolute atomic E-state index is 12.8. The minimum absolute atomic E-state index is 0.0762. The molecule has 0 aromatic heterocycles. The van der Waals surface area contributed by atoms with E-state index in [1.54, 1.807) is 29.2 Å². The van der Waals surface area contributed by atoms with E-state index in [0.29, 0.717) is 24.3 Å². The fraction of sp³-hybridized carbons (Fsp3) is 0.375. The monoisotopic (exact) mass is 409 g/mol. The second-order valence-electron chi connectivity index (χ2n) is 7.50. The summed E-state index contributed by atoms with van der Waals surface area (Å²) in [5, 5.41) is 5.67. The first-order valence-corrected chi connectivity index (χ1v) is 10.4. The molecule has 0 aliphatic carbocycles. The maximum Gasteiger partial charge on any atom is 0.253 e. The minimum Gasteiger partial charge on any atom is -0.344 e. The number of carbonyl (C=O) groups excluding carboxylic acids is 3. The standard InChI is InChI=1S/C24H31N3O3/c1-5-27(6-2)24(30)19-13-10-14-20(16-19)25-23(29)22(17(3)4)26-21(28)15-18-11-8-7-9-12-18/h7-14,16-17,22H,5-6,15H2,1-4H3,(H,25,29)(H,26,28). The highest BCUT2D eigenvalue weighted by Gasteiger charge is 2.24. The molecule has 0 radical (unpaired) electrons. The van der Waals surface area contributed by atoms with E-state index in [1.165, 1.54) is 0 Å². The number of hydrogen-bond acceptors (Lipinski definition) is 3. The van der Waals surface area contributed by atoms with Gasteiger partial charge in [-0.2, -0.15) is 0 Å². The van der Waals surface area contributed by atoms with Crippen LogP contribution in [-0.2, 0) is 16.0 Å². The molecule has 0 fully saturated rings. The molecular weight excluding hydrogens is 378 g/mol. The molecule has 1 unspecified atom stereocenters. The second-order valence-corrected chi connectivity index (χ2v) is 7.50. The number of amides is 3. The van der Waals surface area contributed by atoms with Crippen molar-refractivity contribution in [2.45, 2.75) is 40.2 Å². The van der Waals surface area contributed by atoms with Crippen LogP contribution in [0.3, 0.4) is 0 Å². The van der Waals surface area contributed by atoms with Gasteiger partial charge in [0, 0.05) is 24.3 Å². The van der Waals surface area contributed by atoms with Crippen molar-refractivity contribution in [3.05, 3.63) is 65.7 Å². The average Bonchev–Trinajstić information content (AvgIpc) is 2.73. The second kappa shape index (κ2) is 11.1. The van der Waals surface area contributed by atoms with Gasteiger partial charge in [0.1, 0.15) is 6.04 Å². The van der Waals surface area contributed by atoms with E-state index in [9.17, 15) is 14.4 Å². The van der Waals surface area contributed by atoms with Gasteiger partial charge in [0.05, 0.1) is 6.42 Å². The highest BCUT2D eigenvalue weighted by Crippen LogP contribution is 2.15. The van der Waals surface area contributed by atoms with Gasteiger partial charge in [-0.1, -0.05) is 50.2 Å². The smallest absolute Gasteiger partial charge is 0.253 e. The van der Waals surface area contributed by atoms with E-state index >= 15 is 0 Å². The van der Waals surface area contributed by atoms with Crippen LogP contribution >= 0.6 is 0 Å². The van der Waals surface area contributed by atoms with E-state index in [-0.39, 0.29) is 30.1 Å². The predicted octanol–water partition coefficient (Wildman–Crippen LogP) is 3.49. The van der Waals surface area contributed by atoms with Crippen molar-refractivity contribution in [1.29, 1.82) is 0 Å². The third kappa shape index (κ3) is 6.44. The van der Waals surface area contributed by atoms with E-state index in [1.807, 2.05) is 58.0 Å². The van der Waals surface area contributed by atoms with Gasteiger partial charge in [0.15, 0.2) is 0 Å². The molecule has 3 amide bonds. The predicted molar refractivity (Wildman–Crippen MR) is 119 cm³/mol. The van der Waals surface area contributed by atoms with Crippen LogP contribution in [0.1, 0.15) is 43.6 Å². The summed E-state index contributed by atoms with van der Waals surface area (Å²) in [6, 6.07) is 15.6. The zero-order valence-electron chi connectivity index (χ0n) is 18.1. The van der Waals surface area contributed by atoms with Crippen LogP contribution in [0.5, 0.6) is 0 Å². The van der Waals surface area contributed by atoms with E-state index < -0.39 is 6.04 Å². The van der Waals surface area contributed by atoms with Gasteiger partial charge in [-0.25, -0.2) is 0 Å². The van der Waals surface area contributed by atoms with Crippen LogP contribution in [0.25, 0.3) is 0 Å². The third-order valence-electron chi connectivity index (χ3n) is 4.90. The van der Waals surface area contributed by atoms with Gasteiger partial charge in [-0.3, -0.25) is 14.4 Å². The van der Waals surface area contributed by atoms with Crippen LogP contribution < -0.4 is 10.6 Å². The minimum atomic E-state index is -0.677. The first-order valence-electron chi connectivity index (χ1n) is 10.4.